The first-order valence-electron chi connectivity index (χ1n) is 6.75. The van der Waals surface area contributed by atoms with Crippen molar-refractivity contribution in [2.75, 3.05) is 26.9 Å². The van der Waals surface area contributed by atoms with E-state index in [2.05, 4.69) is 11.3 Å². The lowest BCUT2D eigenvalue weighted by Gasteiger charge is -2.26. The molecule has 0 heterocycles. The highest BCUT2D eigenvalue weighted by molar-refractivity contribution is 5.81. The summed E-state index contributed by atoms with van der Waals surface area (Å²) in [6.45, 7) is 7.23. The number of carbonyl (C=O) groups excluding carboxylic acids is 3. The zero-order valence-electron chi connectivity index (χ0n) is 12.8. The van der Waals surface area contributed by atoms with Gasteiger partial charge in [0.2, 0.25) is 0 Å². The van der Waals surface area contributed by atoms with E-state index in [1.807, 2.05) is 0 Å². The van der Waals surface area contributed by atoms with Gasteiger partial charge in [-0.3, -0.25) is 9.69 Å². The summed E-state index contributed by atoms with van der Waals surface area (Å²) >= 11 is 0. The molecular formula is C14H23NO6. The van der Waals surface area contributed by atoms with Gasteiger partial charge in [-0.2, -0.15) is 0 Å². The average molecular weight is 301 g/mol. The van der Waals surface area contributed by atoms with Crippen LogP contribution in [-0.4, -0.2) is 55.8 Å². The van der Waals surface area contributed by atoms with Crippen LogP contribution in [0.2, 0.25) is 0 Å². The van der Waals surface area contributed by atoms with Crippen molar-refractivity contribution in [3.63, 3.8) is 0 Å². The van der Waals surface area contributed by atoms with E-state index in [4.69, 9.17) is 9.47 Å². The fourth-order valence-electron chi connectivity index (χ4n) is 1.58. The summed E-state index contributed by atoms with van der Waals surface area (Å²) in [6, 6.07) is -0.797. The number of methoxy groups -OCH3 is 1. The minimum Gasteiger partial charge on any atom is -0.467 e. The van der Waals surface area contributed by atoms with Gasteiger partial charge in [-0.1, -0.05) is 12.7 Å². The fourth-order valence-corrected chi connectivity index (χ4v) is 1.58. The van der Waals surface area contributed by atoms with Crippen LogP contribution in [0.25, 0.3) is 0 Å². The molecule has 0 fully saturated rings. The molecule has 0 aromatic heterocycles. The number of amides is 1. The number of ether oxygens (including phenoxy) is 3. The quantitative estimate of drug-likeness (QED) is 0.365. The van der Waals surface area contributed by atoms with E-state index in [0.717, 1.165) is 0 Å². The maximum absolute atomic E-state index is 11.9. The van der Waals surface area contributed by atoms with Crippen molar-refractivity contribution in [1.82, 2.24) is 4.90 Å². The van der Waals surface area contributed by atoms with Crippen molar-refractivity contribution in [2.24, 2.45) is 0 Å². The molecule has 0 aliphatic heterocycles. The van der Waals surface area contributed by atoms with Crippen molar-refractivity contribution in [2.45, 2.75) is 32.7 Å². The van der Waals surface area contributed by atoms with Gasteiger partial charge in [0.1, 0.15) is 12.6 Å². The van der Waals surface area contributed by atoms with E-state index in [1.165, 1.54) is 25.0 Å². The normalized spacial score (nSPS) is 11.2. The summed E-state index contributed by atoms with van der Waals surface area (Å²) in [5.74, 6) is -0.899. The Balaban J connectivity index is 4.57. The molecule has 7 heteroatoms. The predicted octanol–water partition coefficient (Wildman–Crippen LogP) is 1.52. The summed E-state index contributed by atoms with van der Waals surface area (Å²) < 4.78 is 14.3. The Labute approximate surface area is 124 Å². The topological polar surface area (TPSA) is 82.1 Å². The Kier molecular flexibility index (Phi) is 9.66. The molecule has 7 nitrogen and oxygen atoms in total. The maximum atomic E-state index is 11.9. The highest BCUT2D eigenvalue weighted by Crippen LogP contribution is 2.07. The van der Waals surface area contributed by atoms with Gasteiger partial charge in [-0.25, -0.2) is 9.59 Å². The van der Waals surface area contributed by atoms with Crippen LogP contribution in [-0.2, 0) is 23.8 Å². The second-order valence-corrected chi connectivity index (χ2v) is 4.17. The first-order chi connectivity index (χ1) is 9.97. The Bertz CT molecular complexity index is 368. The van der Waals surface area contributed by atoms with Crippen LogP contribution in [0.4, 0.5) is 4.79 Å². The van der Waals surface area contributed by atoms with Crippen molar-refractivity contribution in [1.29, 1.82) is 0 Å². The molecular weight excluding hydrogens is 278 g/mol. The second-order valence-electron chi connectivity index (χ2n) is 4.17. The third-order valence-corrected chi connectivity index (χ3v) is 2.65. The van der Waals surface area contributed by atoms with Gasteiger partial charge < -0.3 is 14.2 Å². The summed E-state index contributed by atoms with van der Waals surface area (Å²) in [5.41, 5.74) is 0. The molecule has 0 unspecified atom stereocenters. The molecule has 21 heavy (non-hydrogen) atoms. The van der Waals surface area contributed by atoms with Gasteiger partial charge in [0.15, 0.2) is 0 Å². The van der Waals surface area contributed by atoms with Gasteiger partial charge >= 0.3 is 18.0 Å². The highest BCUT2D eigenvalue weighted by atomic mass is 16.6. The molecule has 1 atom stereocenters. The lowest BCUT2D eigenvalue weighted by molar-refractivity contribution is -0.145. The van der Waals surface area contributed by atoms with E-state index in [-0.39, 0.29) is 25.5 Å². The number of carbonyl (C=O) groups is 3. The number of esters is 2. The summed E-state index contributed by atoms with van der Waals surface area (Å²) in [4.78, 5) is 35.9. The molecule has 0 spiro atoms. The van der Waals surface area contributed by atoms with E-state index in [9.17, 15) is 14.4 Å². The van der Waals surface area contributed by atoms with Gasteiger partial charge in [0, 0.05) is 13.0 Å². The molecule has 0 rings (SSSR count). The molecule has 0 aliphatic rings. The zero-order chi connectivity index (χ0) is 16.3. The predicted molar refractivity (Wildman–Crippen MR) is 75.6 cm³/mol. The number of hydrogen-bond acceptors (Lipinski definition) is 6. The number of hydrogen-bond donors (Lipinski definition) is 0. The molecule has 0 bridgehead atoms. The van der Waals surface area contributed by atoms with Crippen LogP contribution in [0.1, 0.15) is 26.7 Å². The van der Waals surface area contributed by atoms with Crippen molar-refractivity contribution in [3.8, 4) is 0 Å². The van der Waals surface area contributed by atoms with E-state index >= 15 is 0 Å². The molecule has 1 amide bonds. The van der Waals surface area contributed by atoms with Gasteiger partial charge in [-0.05, 0) is 20.3 Å². The molecule has 0 saturated carbocycles. The van der Waals surface area contributed by atoms with Crippen LogP contribution in [0.15, 0.2) is 12.7 Å². The van der Waals surface area contributed by atoms with E-state index in [0.29, 0.717) is 13.0 Å². The van der Waals surface area contributed by atoms with Crippen molar-refractivity contribution >= 4 is 18.0 Å². The Morgan fingerprint density at radius 1 is 1.29 bits per heavy atom. The van der Waals surface area contributed by atoms with E-state index < -0.39 is 18.1 Å². The van der Waals surface area contributed by atoms with Gasteiger partial charge in [-0.15, -0.1) is 0 Å². The third kappa shape index (κ3) is 7.34. The van der Waals surface area contributed by atoms with Crippen molar-refractivity contribution in [3.05, 3.63) is 12.7 Å². The molecule has 0 aromatic rings. The first kappa shape index (κ1) is 18.9. The standard InChI is InChI=1S/C14H23NO6/c1-5-10-21-14(18)15(11(3)13(17)19-4)9-7-8-12(16)20-6-2/h5,11H,1,6-10H2,2-4H3/t11-/m1/s1. The van der Waals surface area contributed by atoms with Crippen LogP contribution in [0.5, 0.6) is 0 Å². The number of nitrogens with zero attached hydrogens (tertiary/aromatic N) is 1. The van der Waals surface area contributed by atoms with Crippen LogP contribution >= 0.6 is 0 Å². The van der Waals surface area contributed by atoms with E-state index in [1.54, 1.807) is 6.92 Å². The largest absolute Gasteiger partial charge is 0.467 e. The Morgan fingerprint density at radius 2 is 1.95 bits per heavy atom. The van der Waals surface area contributed by atoms with Crippen LogP contribution in [0.3, 0.4) is 0 Å². The SMILES string of the molecule is C=CCOC(=O)N(CCCC(=O)OCC)[C@H](C)C(=O)OC. The fraction of sp³-hybridized carbons (Fsp3) is 0.643. The summed E-state index contributed by atoms with van der Waals surface area (Å²) in [7, 11) is 1.24. The molecule has 0 radical (unpaired) electrons. The zero-order valence-corrected chi connectivity index (χ0v) is 12.8. The van der Waals surface area contributed by atoms with Crippen LogP contribution in [0, 0.1) is 0 Å². The first-order valence-corrected chi connectivity index (χ1v) is 6.75. The van der Waals surface area contributed by atoms with Gasteiger partial charge in [0.25, 0.3) is 0 Å². The van der Waals surface area contributed by atoms with Crippen molar-refractivity contribution < 1.29 is 28.6 Å². The molecule has 0 aromatic carbocycles. The monoisotopic (exact) mass is 301 g/mol. The van der Waals surface area contributed by atoms with Crippen LogP contribution < -0.4 is 0 Å². The summed E-state index contributed by atoms with van der Waals surface area (Å²) in [6.07, 6.45) is 1.30. The maximum Gasteiger partial charge on any atom is 0.410 e. The molecule has 0 saturated heterocycles. The minimum absolute atomic E-state index is 0.0428. The molecule has 120 valence electrons. The number of rotatable bonds is 9. The van der Waals surface area contributed by atoms with Gasteiger partial charge in [0.05, 0.1) is 13.7 Å². The Morgan fingerprint density at radius 3 is 2.48 bits per heavy atom. The minimum atomic E-state index is -0.797. The average Bonchev–Trinajstić information content (AvgIpc) is 2.47. The second kappa shape index (κ2) is 10.7. The molecule has 0 N–H and O–H groups in total. The lowest BCUT2D eigenvalue weighted by Crippen LogP contribution is -2.44. The summed E-state index contributed by atoms with van der Waals surface area (Å²) in [5, 5.41) is 0. The lowest BCUT2D eigenvalue weighted by atomic mass is 10.2. The third-order valence-electron chi connectivity index (χ3n) is 2.65. The Hall–Kier alpha value is -2.05. The smallest absolute Gasteiger partial charge is 0.410 e. The molecule has 0 aliphatic carbocycles. The highest BCUT2D eigenvalue weighted by Gasteiger charge is 2.27.